The number of rotatable bonds is 5. The maximum Gasteiger partial charge on any atom is 0.423 e. The lowest BCUT2D eigenvalue weighted by molar-refractivity contribution is -0.324. The van der Waals surface area contributed by atoms with E-state index in [1.807, 2.05) is 0 Å². The van der Waals surface area contributed by atoms with E-state index in [9.17, 15) is 40.2 Å². The predicted octanol–water partition coefficient (Wildman–Crippen LogP) is 5.38. The zero-order chi connectivity index (χ0) is 18.3. The van der Waals surface area contributed by atoms with E-state index in [1.54, 1.807) is 0 Å². The summed E-state index contributed by atoms with van der Waals surface area (Å²) in [6.07, 6.45) is -5.77. The first-order valence-corrected chi connectivity index (χ1v) is 7.45. The van der Waals surface area contributed by atoms with Gasteiger partial charge in [-0.2, -0.15) is 35.1 Å². The van der Waals surface area contributed by atoms with Crippen molar-refractivity contribution in [1.82, 2.24) is 0 Å². The molecule has 2 aliphatic rings. The second kappa shape index (κ2) is 6.31. The molecule has 0 saturated heterocycles. The summed E-state index contributed by atoms with van der Waals surface area (Å²) in [6, 6.07) is 0. The molecule has 1 N–H and O–H groups in total. The molecule has 138 valence electrons. The van der Waals surface area contributed by atoms with E-state index in [2.05, 4.69) is 0 Å². The van der Waals surface area contributed by atoms with E-state index < -0.39 is 36.0 Å². The number of halogens is 8. The van der Waals surface area contributed by atoms with E-state index >= 15 is 0 Å². The molecule has 1 nitrogen and oxygen atoms in total. The minimum atomic E-state index is -6.00. The van der Waals surface area contributed by atoms with Crippen LogP contribution < -0.4 is 0 Å². The Balaban J connectivity index is 2.21. The van der Waals surface area contributed by atoms with E-state index in [1.165, 1.54) is 6.08 Å². The van der Waals surface area contributed by atoms with E-state index in [0.717, 1.165) is 25.7 Å². The van der Waals surface area contributed by atoms with Gasteiger partial charge in [0.25, 0.3) is 0 Å². The van der Waals surface area contributed by atoms with Crippen LogP contribution in [0, 0.1) is 17.8 Å². The molecule has 0 aromatic rings. The normalized spacial score (nSPS) is 30.0. The van der Waals surface area contributed by atoms with E-state index in [-0.39, 0.29) is 11.8 Å². The van der Waals surface area contributed by atoms with Gasteiger partial charge in [-0.25, -0.2) is 0 Å². The Morgan fingerprint density at radius 2 is 1.62 bits per heavy atom. The highest BCUT2D eigenvalue weighted by molar-refractivity contribution is 5.18. The monoisotopic (exact) mass is 364 g/mol. The molecule has 0 heterocycles. The van der Waals surface area contributed by atoms with E-state index in [0.29, 0.717) is 12.0 Å². The van der Waals surface area contributed by atoms with E-state index in [4.69, 9.17) is 0 Å². The summed E-state index contributed by atoms with van der Waals surface area (Å²) in [7, 11) is 0. The number of alkyl halides is 5. The molecule has 2 saturated carbocycles. The van der Waals surface area contributed by atoms with Crippen molar-refractivity contribution in [2.75, 3.05) is 0 Å². The molecule has 0 aromatic carbocycles. The zero-order valence-electron chi connectivity index (χ0n) is 12.4. The summed E-state index contributed by atoms with van der Waals surface area (Å²) in [5.74, 6) is -8.74. The third-order valence-electron chi connectivity index (χ3n) is 5.02. The summed E-state index contributed by atoms with van der Waals surface area (Å²) < 4.78 is 103. The average Bonchev–Trinajstić information content (AvgIpc) is 3.07. The summed E-state index contributed by atoms with van der Waals surface area (Å²) in [4.78, 5) is 0. The van der Waals surface area contributed by atoms with Gasteiger partial charge >= 0.3 is 18.2 Å². The van der Waals surface area contributed by atoms with Gasteiger partial charge in [-0.05, 0) is 37.0 Å². The van der Waals surface area contributed by atoms with Crippen molar-refractivity contribution in [3.8, 4) is 0 Å². The summed E-state index contributed by atoms with van der Waals surface area (Å²) >= 11 is 0. The van der Waals surface area contributed by atoms with Gasteiger partial charge in [-0.3, -0.25) is 0 Å². The van der Waals surface area contributed by atoms with Crippen LogP contribution in [0.4, 0.5) is 35.1 Å². The lowest BCUT2D eigenvalue weighted by Gasteiger charge is -2.35. The van der Waals surface area contributed by atoms with Crippen LogP contribution in [-0.4, -0.2) is 22.8 Å². The first-order valence-electron chi connectivity index (χ1n) is 7.45. The van der Waals surface area contributed by atoms with Gasteiger partial charge in [-0.15, -0.1) is 0 Å². The molecule has 24 heavy (non-hydrogen) atoms. The van der Waals surface area contributed by atoms with Crippen LogP contribution in [0.2, 0.25) is 0 Å². The van der Waals surface area contributed by atoms with Gasteiger partial charge in [0.15, 0.2) is 0 Å². The van der Waals surface area contributed by atoms with Crippen molar-refractivity contribution < 1.29 is 40.2 Å². The van der Waals surface area contributed by atoms with Gasteiger partial charge in [0, 0.05) is 6.42 Å². The average molecular weight is 364 g/mol. The molecule has 0 amide bonds. The maximum absolute atomic E-state index is 13.5. The summed E-state index contributed by atoms with van der Waals surface area (Å²) in [5, 5.41) is 9.37. The zero-order valence-corrected chi connectivity index (χ0v) is 12.4. The summed E-state index contributed by atoms with van der Waals surface area (Å²) in [6.45, 7) is 0. The fourth-order valence-corrected chi connectivity index (χ4v) is 3.67. The fraction of sp³-hybridized carbons (Fsp3) is 0.733. The van der Waals surface area contributed by atoms with Gasteiger partial charge in [-0.1, -0.05) is 18.6 Å². The molecule has 2 bridgehead atoms. The third-order valence-corrected chi connectivity index (χ3v) is 5.02. The van der Waals surface area contributed by atoms with Crippen molar-refractivity contribution in [3.05, 3.63) is 24.1 Å². The van der Waals surface area contributed by atoms with Gasteiger partial charge in [0.2, 0.25) is 11.4 Å². The topological polar surface area (TPSA) is 20.2 Å². The lowest BCUT2D eigenvalue weighted by Crippen LogP contribution is -2.59. The number of fused-ring (bicyclic) bond motifs is 2. The Hall–Kier alpha value is -1.12. The molecule has 0 radical (unpaired) electrons. The predicted molar refractivity (Wildman–Crippen MR) is 69.0 cm³/mol. The van der Waals surface area contributed by atoms with Gasteiger partial charge in [0.1, 0.15) is 0 Å². The van der Waals surface area contributed by atoms with Crippen molar-refractivity contribution in [2.24, 2.45) is 17.8 Å². The number of hydrogen-bond donors (Lipinski definition) is 1. The molecule has 0 aliphatic heterocycles. The highest BCUT2D eigenvalue weighted by atomic mass is 19.4. The van der Waals surface area contributed by atoms with Crippen LogP contribution in [0.1, 0.15) is 32.1 Å². The Morgan fingerprint density at radius 3 is 2.04 bits per heavy atom. The maximum atomic E-state index is 13.5. The van der Waals surface area contributed by atoms with Crippen LogP contribution in [0.25, 0.3) is 0 Å². The molecule has 9 heteroatoms. The Kier molecular flexibility index (Phi) is 5.05. The SMILES string of the molecule is OC(C/C=C/C1CC2CCC1C2)(C(F)(F)F)C(F)(F)C(F)=C(F)F. The van der Waals surface area contributed by atoms with Crippen LogP contribution in [-0.2, 0) is 0 Å². The van der Waals surface area contributed by atoms with Crippen LogP contribution in [0.5, 0.6) is 0 Å². The highest BCUT2D eigenvalue weighted by Crippen LogP contribution is 2.51. The number of hydrogen-bond acceptors (Lipinski definition) is 1. The Bertz CT molecular complexity index is 534. The van der Waals surface area contributed by atoms with Crippen molar-refractivity contribution in [2.45, 2.75) is 49.8 Å². The van der Waals surface area contributed by atoms with Crippen molar-refractivity contribution in [3.63, 3.8) is 0 Å². The summed E-state index contributed by atoms with van der Waals surface area (Å²) in [5.41, 5.74) is -4.94. The number of aliphatic hydroxyl groups is 1. The molecular formula is C15H16F8O. The first-order chi connectivity index (χ1) is 10.9. The molecular weight excluding hydrogens is 348 g/mol. The van der Waals surface area contributed by atoms with Crippen LogP contribution >= 0.6 is 0 Å². The number of allylic oxidation sites excluding steroid dienone is 1. The second-order valence-corrected chi connectivity index (χ2v) is 6.48. The molecule has 2 aliphatic carbocycles. The van der Waals surface area contributed by atoms with Crippen molar-refractivity contribution >= 4 is 0 Å². The fourth-order valence-electron chi connectivity index (χ4n) is 3.67. The first kappa shape index (κ1) is 19.2. The van der Waals surface area contributed by atoms with Crippen LogP contribution in [0.3, 0.4) is 0 Å². The lowest BCUT2D eigenvalue weighted by atomic mass is 9.86. The standard InChI is InChI=1S/C15H16F8O/c16-11(12(17)18)14(19,20)13(24,15(21,22)23)5-1-2-9-6-8-3-4-10(9)7-8/h1-2,8-10,24H,3-7H2/b2-1+. The van der Waals surface area contributed by atoms with Crippen LogP contribution in [0.15, 0.2) is 24.1 Å². The molecule has 2 fully saturated rings. The third kappa shape index (κ3) is 3.19. The second-order valence-electron chi connectivity index (χ2n) is 6.48. The molecule has 0 spiro atoms. The quantitative estimate of drug-likeness (QED) is 0.513. The Labute approximate surface area is 133 Å². The van der Waals surface area contributed by atoms with Gasteiger partial charge < -0.3 is 5.11 Å². The molecule has 4 unspecified atom stereocenters. The minimum Gasteiger partial charge on any atom is -0.375 e. The largest absolute Gasteiger partial charge is 0.423 e. The minimum absolute atomic E-state index is 0.0897. The van der Waals surface area contributed by atoms with Gasteiger partial charge in [0.05, 0.1) is 0 Å². The van der Waals surface area contributed by atoms with Crippen molar-refractivity contribution in [1.29, 1.82) is 0 Å². The Morgan fingerprint density at radius 1 is 1.00 bits per heavy atom. The molecule has 2 rings (SSSR count). The molecule has 0 aromatic heterocycles. The molecule has 4 atom stereocenters. The highest BCUT2D eigenvalue weighted by Gasteiger charge is 2.71. The smallest absolute Gasteiger partial charge is 0.375 e.